The number of hydrogen-bond acceptors (Lipinski definition) is 3. The van der Waals surface area contributed by atoms with Crippen LogP contribution in [-0.2, 0) is 0 Å². The molecule has 3 nitrogen and oxygen atoms in total. The molecular weight excluding hydrogens is 116 g/mol. The van der Waals surface area contributed by atoms with E-state index in [1.165, 1.54) is 0 Å². The van der Waals surface area contributed by atoms with Gasteiger partial charge in [-0.05, 0) is 7.05 Å². The number of rotatable bonds is 2. The first-order valence-electron chi connectivity index (χ1n) is 3.37. The summed E-state index contributed by atoms with van der Waals surface area (Å²) in [5.41, 5.74) is 0. The Morgan fingerprint density at radius 1 is 1.67 bits per heavy atom. The Kier molecular flexibility index (Phi) is 2.45. The Balaban J connectivity index is 2.32. The third-order valence-corrected chi connectivity index (χ3v) is 1.95. The molecule has 54 valence electrons. The Morgan fingerprint density at radius 3 is 2.89 bits per heavy atom. The van der Waals surface area contributed by atoms with Crippen molar-refractivity contribution in [1.29, 1.82) is 0 Å². The summed E-state index contributed by atoms with van der Waals surface area (Å²) in [5.74, 6) is 0.412. The lowest BCUT2D eigenvalue weighted by Gasteiger charge is -2.13. The minimum atomic E-state index is 0.290. The molecule has 2 atom stereocenters. The lowest BCUT2D eigenvalue weighted by molar-refractivity contribution is 0.218. The van der Waals surface area contributed by atoms with Crippen LogP contribution in [-0.4, -0.2) is 37.9 Å². The summed E-state index contributed by atoms with van der Waals surface area (Å²) in [4.78, 5) is 0. The van der Waals surface area contributed by atoms with Crippen molar-refractivity contribution in [3.05, 3.63) is 0 Å². The molecule has 0 aromatic carbocycles. The molecule has 3 heteroatoms. The van der Waals surface area contributed by atoms with Crippen molar-refractivity contribution in [3.8, 4) is 0 Å². The highest BCUT2D eigenvalue weighted by Gasteiger charge is 2.23. The van der Waals surface area contributed by atoms with E-state index in [4.69, 9.17) is 5.11 Å². The van der Waals surface area contributed by atoms with Crippen molar-refractivity contribution in [2.45, 2.75) is 6.04 Å². The summed E-state index contributed by atoms with van der Waals surface area (Å²) >= 11 is 0. The predicted octanol–water partition coefficient (Wildman–Crippen LogP) is -1.21. The van der Waals surface area contributed by atoms with Crippen LogP contribution in [0.2, 0.25) is 0 Å². The Labute approximate surface area is 55.5 Å². The van der Waals surface area contributed by atoms with E-state index in [9.17, 15) is 0 Å². The number of aliphatic hydroxyl groups is 1. The van der Waals surface area contributed by atoms with E-state index in [-0.39, 0.29) is 0 Å². The molecule has 1 saturated heterocycles. The maximum Gasteiger partial charge on any atom is 0.0486 e. The van der Waals surface area contributed by atoms with Gasteiger partial charge in [0.2, 0.25) is 0 Å². The topological polar surface area (TPSA) is 44.3 Å². The van der Waals surface area contributed by atoms with Gasteiger partial charge in [0, 0.05) is 31.7 Å². The number of likely N-dealkylation sites (N-methyl/N-ethyl adjacent to an activating group) is 1. The van der Waals surface area contributed by atoms with Crippen LogP contribution < -0.4 is 10.6 Å². The van der Waals surface area contributed by atoms with Crippen molar-refractivity contribution in [2.75, 3.05) is 26.7 Å². The van der Waals surface area contributed by atoms with Gasteiger partial charge in [-0.25, -0.2) is 0 Å². The first kappa shape index (κ1) is 6.99. The van der Waals surface area contributed by atoms with Gasteiger partial charge in [0.05, 0.1) is 0 Å². The fourth-order valence-electron chi connectivity index (χ4n) is 1.26. The van der Waals surface area contributed by atoms with Gasteiger partial charge < -0.3 is 15.7 Å². The van der Waals surface area contributed by atoms with Crippen LogP contribution >= 0.6 is 0 Å². The Morgan fingerprint density at radius 2 is 2.44 bits per heavy atom. The van der Waals surface area contributed by atoms with Gasteiger partial charge in [0.25, 0.3) is 0 Å². The fourth-order valence-corrected chi connectivity index (χ4v) is 1.26. The molecule has 0 aliphatic carbocycles. The predicted molar refractivity (Wildman–Crippen MR) is 36.3 cm³/mol. The molecule has 0 aromatic rings. The Hall–Kier alpha value is -0.120. The van der Waals surface area contributed by atoms with E-state index in [0.717, 1.165) is 13.1 Å². The van der Waals surface area contributed by atoms with Crippen LogP contribution in [0.1, 0.15) is 0 Å². The molecule has 1 aliphatic rings. The van der Waals surface area contributed by atoms with Gasteiger partial charge in [-0.2, -0.15) is 0 Å². The maximum atomic E-state index is 8.79. The summed E-state index contributed by atoms with van der Waals surface area (Å²) < 4.78 is 0. The second-order valence-electron chi connectivity index (χ2n) is 2.50. The van der Waals surface area contributed by atoms with E-state index in [0.29, 0.717) is 18.6 Å². The van der Waals surface area contributed by atoms with E-state index in [1.54, 1.807) is 0 Å². The molecule has 1 rings (SSSR count). The van der Waals surface area contributed by atoms with Crippen molar-refractivity contribution in [2.24, 2.45) is 5.92 Å². The maximum absolute atomic E-state index is 8.79. The van der Waals surface area contributed by atoms with Crippen LogP contribution in [0.5, 0.6) is 0 Å². The van der Waals surface area contributed by atoms with Crippen LogP contribution in [0.25, 0.3) is 0 Å². The molecule has 0 bridgehead atoms. The van der Waals surface area contributed by atoms with Gasteiger partial charge >= 0.3 is 0 Å². The lowest BCUT2D eigenvalue weighted by atomic mass is 10.1. The van der Waals surface area contributed by atoms with E-state index >= 15 is 0 Å². The van der Waals surface area contributed by atoms with Crippen LogP contribution in [0.3, 0.4) is 0 Å². The normalized spacial score (nSPS) is 35.3. The minimum Gasteiger partial charge on any atom is -0.396 e. The molecule has 0 unspecified atom stereocenters. The molecule has 0 aromatic heterocycles. The third-order valence-electron chi connectivity index (χ3n) is 1.95. The Bertz CT molecular complexity index is 77.1. The monoisotopic (exact) mass is 130 g/mol. The third kappa shape index (κ3) is 1.41. The van der Waals surface area contributed by atoms with Crippen molar-refractivity contribution in [1.82, 2.24) is 10.6 Å². The second-order valence-corrected chi connectivity index (χ2v) is 2.50. The van der Waals surface area contributed by atoms with Crippen LogP contribution in [0.15, 0.2) is 0 Å². The smallest absolute Gasteiger partial charge is 0.0486 e. The molecular formula is C6H14N2O. The van der Waals surface area contributed by atoms with Gasteiger partial charge in [-0.15, -0.1) is 0 Å². The zero-order valence-electron chi connectivity index (χ0n) is 5.72. The van der Waals surface area contributed by atoms with Gasteiger partial charge in [-0.3, -0.25) is 0 Å². The highest BCUT2D eigenvalue weighted by atomic mass is 16.3. The summed E-state index contributed by atoms with van der Waals surface area (Å²) in [7, 11) is 1.93. The standard InChI is InChI=1S/C6H14N2O/c1-7-6-3-8-2-5(6)4-9/h5-9H,2-4H2,1H3/t5-,6+/m1/s1. The number of nitrogens with one attached hydrogen (secondary N) is 2. The van der Waals surface area contributed by atoms with Crippen molar-refractivity contribution < 1.29 is 5.11 Å². The fraction of sp³-hybridized carbons (Fsp3) is 1.00. The highest BCUT2D eigenvalue weighted by molar-refractivity contribution is 4.84. The first-order chi connectivity index (χ1) is 4.38. The number of aliphatic hydroxyl groups excluding tert-OH is 1. The summed E-state index contributed by atoms with van der Waals surface area (Å²) in [5, 5.41) is 15.1. The van der Waals surface area contributed by atoms with E-state index in [2.05, 4.69) is 10.6 Å². The van der Waals surface area contributed by atoms with Crippen molar-refractivity contribution in [3.63, 3.8) is 0 Å². The van der Waals surface area contributed by atoms with Gasteiger partial charge in [0.1, 0.15) is 0 Å². The highest BCUT2D eigenvalue weighted by Crippen LogP contribution is 2.06. The summed E-state index contributed by atoms with van der Waals surface area (Å²) in [6.07, 6.45) is 0. The largest absolute Gasteiger partial charge is 0.396 e. The lowest BCUT2D eigenvalue weighted by Crippen LogP contribution is -2.34. The first-order valence-corrected chi connectivity index (χ1v) is 3.37. The molecule has 9 heavy (non-hydrogen) atoms. The zero-order chi connectivity index (χ0) is 6.69. The zero-order valence-corrected chi connectivity index (χ0v) is 5.72. The number of hydrogen-bond donors (Lipinski definition) is 3. The molecule has 1 fully saturated rings. The molecule has 0 amide bonds. The molecule has 1 heterocycles. The van der Waals surface area contributed by atoms with E-state index in [1.807, 2.05) is 7.05 Å². The molecule has 0 radical (unpaired) electrons. The molecule has 0 saturated carbocycles. The van der Waals surface area contributed by atoms with Gasteiger partial charge in [0.15, 0.2) is 0 Å². The second kappa shape index (κ2) is 3.15. The van der Waals surface area contributed by atoms with Gasteiger partial charge in [-0.1, -0.05) is 0 Å². The van der Waals surface area contributed by atoms with Crippen LogP contribution in [0, 0.1) is 5.92 Å². The van der Waals surface area contributed by atoms with E-state index < -0.39 is 0 Å². The average molecular weight is 130 g/mol. The average Bonchev–Trinajstić information content (AvgIpc) is 2.33. The molecule has 1 aliphatic heterocycles. The van der Waals surface area contributed by atoms with Crippen molar-refractivity contribution >= 4 is 0 Å². The summed E-state index contributed by atoms with van der Waals surface area (Å²) in [6, 6.07) is 0.468. The minimum absolute atomic E-state index is 0.290. The SMILES string of the molecule is CN[C@H]1CNC[C@@H]1CO. The van der Waals surface area contributed by atoms with Crippen LogP contribution in [0.4, 0.5) is 0 Å². The molecule has 0 spiro atoms. The quantitative estimate of drug-likeness (QED) is 0.439. The summed E-state index contributed by atoms with van der Waals surface area (Å²) in [6.45, 7) is 2.22. The molecule has 3 N–H and O–H groups in total.